The lowest BCUT2D eigenvalue weighted by Crippen LogP contribution is -2.17. The molecule has 0 spiro atoms. The molecular weight excluding hydrogens is 240 g/mol. The average molecular weight is 255 g/mol. The lowest BCUT2D eigenvalue weighted by molar-refractivity contribution is 0.371. The van der Waals surface area contributed by atoms with Gasteiger partial charge in [0.05, 0.1) is 0 Å². The Kier molecular flexibility index (Phi) is 13.1. The monoisotopic (exact) mass is 255 g/mol. The van der Waals surface area contributed by atoms with Gasteiger partial charge in [-0.15, -0.1) is 22.9 Å². The Bertz CT molecular complexity index is 211. The third kappa shape index (κ3) is 19.8. The molecule has 0 aliphatic heterocycles. The second kappa shape index (κ2) is 11.6. The third-order valence-corrected chi connectivity index (χ3v) is 2.14. The van der Waals surface area contributed by atoms with Crippen molar-refractivity contribution in [2.75, 3.05) is 20.1 Å². The van der Waals surface area contributed by atoms with E-state index in [1.807, 2.05) is 19.2 Å². The van der Waals surface area contributed by atoms with Crippen molar-refractivity contribution >= 4 is 16.5 Å². The molecule has 0 heterocycles. The number of rotatable bonds is 6. The molecule has 86 valence electrons. The van der Waals surface area contributed by atoms with E-state index in [4.69, 9.17) is 9.79 Å². The van der Waals surface area contributed by atoms with E-state index in [9.17, 15) is 9.13 Å². The molecule has 0 saturated carbocycles. The summed E-state index contributed by atoms with van der Waals surface area (Å²) in [5, 5.41) is 0. The van der Waals surface area contributed by atoms with Gasteiger partial charge in [0, 0.05) is 22.2 Å². The quantitative estimate of drug-likeness (QED) is 0.553. The van der Waals surface area contributed by atoms with Gasteiger partial charge >= 0.3 is 16.5 Å². The van der Waals surface area contributed by atoms with Crippen LogP contribution in [0.5, 0.6) is 0 Å². The van der Waals surface area contributed by atoms with E-state index in [1.165, 1.54) is 0 Å². The highest BCUT2D eigenvalue weighted by Crippen LogP contribution is 2.30. The summed E-state index contributed by atoms with van der Waals surface area (Å²) in [7, 11) is -3.82. The molecule has 0 fully saturated rings. The zero-order valence-corrected chi connectivity index (χ0v) is 10.2. The molecule has 0 aromatic heterocycles. The van der Waals surface area contributed by atoms with Crippen molar-refractivity contribution in [1.82, 2.24) is 4.90 Å². The van der Waals surface area contributed by atoms with Gasteiger partial charge in [-0.1, -0.05) is 12.2 Å². The molecule has 15 heavy (non-hydrogen) atoms. The number of nitrogens with zero attached hydrogens (tertiary/aromatic N) is 1. The van der Waals surface area contributed by atoms with Crippen molar-refractivity contribution in [2.24, 2.45) is 0 Å². The zero-order valence-electron chi connectivity index (χ0n) is 8.44. The van der Waals surface area contributed by atoms with Gasteiger partial charge in [-0.25, -0.2) is 0 Å². The van der Waals surface area contributed by atoms with E-state index < -0.39 is 16.5 Å². The predicted octanol–water partition coefficient (Wildman–Crippen LogP) is 1.59. The van der Waals surface area contributed by atoms with Gasteiger partial charge < -0.3 is 0 Å². The van der Waals surface area contributed by atoms with Gasteiger partial charge in [0.25, 0.3) is 0 Å². The Morgan fingerprint density at radius 2 is 1.53 bits per heavy atom. The van der Waals surface area contributed by atoms with Gasteiger partial charge in [0.1, 0.15) is 0 Å². The second-order valence-electron chi connectivity index (χ2n) is 2.36. The zero-order chi connectivity index (χ0) is 12.3. The van der Waals surface area contributed by atoms with Crippen LogP contribution in [0.15, 0.2) is 25.3 Å². The van der Waals surface area contributed by atoms with Gasteiger partial charge in [-0.05, 0) is 7.05 Å². The first-order chi connectivity index (χ1) is 6.93. The smallest absolute Gasteiger partial charge is 0.299 e. The van der Waals surface area contributed by atoms with E-state index in [0.29, 0.717) is 0 Å². The molecule has 2 unspecified atom stereocenters. The van der Waals surface area contributed by atoms with E-state index in [1.54, 1.807) is 0 Å². The average Bonchev–Trinajstić information content (AvgIpc) is 2.03. The molecule has 2 atom stereocenters. The van der Waals surface area contributed by atoms with E-state index in [2.05, 4.69) is 22.4 Å². The molecule has 0 bridgehead atoms. The van der Waals surface area contributed by atoms with Crippen molar-refractivity contribution in [3.63, 3.8) is 0 Å². The number of hydrogen-bond donors (Lipinski definition) is 2. The third-order valence-electron chi connectivity index (χ3n) is 1.02. The Labute approximate surface area is 90.8 Å². The summed E-state index contributed by atoms with van der Waals surface area (Å²) in [5.41, 5.74) is 0. The molecule has 0 aromatic carbocycles. The summed E-state index contributed by atoms with van der Waals surface area (Å²) in [4.78, 5) is 17.5. The normalized spacial score (nSPS) is 11.2. The van der Waals surface area contributed by atoms with Crippen LogP contribution in [-0.4, -0.2) is 34.8 Å². The first-order valence-electron chi connectivity index (χ1n) is 3.84. The molecule has 0 radical (unpaired) electrons. The maximum atomic E-state index is 9.39. The van der Waals surface area contributed by atoms with Crippen molar-refractivity contribution in [3.8, 4) is 0 Å². The highest BCUT2D eigenvalue weighted by Gasteiger charge is 2.31. The fourth-order valence-electron chi connectivity index (χ4n) is 0.575. The van der Waals surface area contributed by atoms with Crippen molar-refractivity contribution in [2.45, 2.75) is 0 Å². The summed E-state index contributed by atoms with van der Waals surface area (Å²) >= 11 is 0. The van der Waals surface area contributed by atoms with Gasteiger partial charge in [-0.2, -0.15) is 0 Å². The standard InChI is InChI=1S/C7H13N.O5P2/c1-4-6-8(3)7-5-2;1-6(2)5-7(3)4/h4-5H,1-2,6-7H2,3H3;/p+2. The van der Waals surface area contributed by atoms with E-state index >= 15 is 0 Å². The van der Waals surface area contributed by atoms with Crippen molar-refractivity contribution < 1.29 is 23.2 Å². The summed E-state index contributed by atoms with van der Waals surface area (Å²) in [5.74, 6) is 0. The molecule has 0 aliphatic rings. The summed E-state index contributed by atoms with van der Waals surface area (Å²) in [6.45, 7) is 9.09. The number of likely N-dealkylation sites (N-methyl/N-ethyl adjacent to an activating group) is 1. The Balaban J connectivity index is 0. The van der Waals surface area contributed by atoms with Crippen LogP contribution in [0.1, 0.15) is 0 Å². The lowest BCUT2D eigenvalue weighted by atomic mass is 10.5. The highest BCUT2D eigenvalue weighted by atomic mass is 31.2. The second-order valence-corrected chi connectivity index (χ2v) is 3.96. The van der Waals surface area contributed by atoms with Crippen LogP contribution >= 0.6 is 16.5 Å². The Hall–Kier alpha value is -0.480. The molecule has 6 nitrogen and oxygen atoms in total. The maximum Gasteiger partial charge on any atom is 0.745 e. The van der Waals surface area contributed by atoms with Crippen LogP contribution in [0, 0.1) is 0 Å². The largest absolute Gasteiger partial charge is 0.745 e. The molecule has 0 rings (SSSR count). The van der Waals surface area contributed by atoms with Gasteiger partial charge in [0.2, 0.25) is 0 Å². The topological polar surface area (TPSA) is 87.1 Å². The lowest BCUT2D eigenvalue weighted by Gasteiger charge is -2.09. The first kappa shape index (κ1) is 16.9. The van der Waals surface area contributed by atoms with Crippen LogP contribution in [0.3, 0.4) is 0 Å². The molecule has 2 N–H and O–H groups in total. The molecular formula is C7H15NO5P2+2. The predicted molar refractivity (Wildman–Crippen MR) is 58.6 cm³/mol. The van der Waals surface area contributed by atoms with Gasteiger partial charge in [0.15, 0.2) is 4.31 Å². The van der Waals surface area contributed by atoms with E-state index in [-0.39, 0.29) is 0 Å². The molecule has 8 heteroatoms. The number of hydrogen-bond acceptors (Lipinski definition) is 4. The minimum absolute atomic E-state index is 0.937. The fraction of sp³-hybridized carbons (Fsp3) is 0.429. The van der Waals surface area contributed by atoms with Crippen LogP contribution in [0.4, 0.5) is 0 Å². The van der Waals surface area contributed by atoms with Gasteiger partial charge in [-0.3, -0.25) is 4.90 Å². The van der Waals surface area contributed by atoms with E-state index in [0.717, 1.165) is 13.1 Å². The highest BCUT2D eigenvalue weighted by molar-refractivity contribution is 7.46. The van der Waals surface area contributed by atoms with Crippen LogP contribution < -0.4 is 0 Å². The van der Waals surface area contributed by atoms with Crippen LogP contribution in [-0.2, 0) is 13.4 Å². The summed E-state index contributed by atoms with van der Waals surface area (Å²) in [6, 6.07) is 0. The van der Waals surface area contributed by atoms with Crippen LogP contribution in [0.25, 0.3) is 0 Å². The van der Waals surface area contributed by atoms with Crippen LogP contribution in [0.2, 0.25) is 0 Å². The molecule has 0 aromatic rings. The van der Waals surface area contributed by atoms with Crippen molar-refractivity contribution in [1.29, 1.82) is 0 Å². The Morgan fingerprint density at radius 1 is 1.20 bits per heavy atom. The van der Waals surface area contributed by atoms with Crippen molar-refractivity contribution in [3.05, 3.63) is 25.3 Å². The Morgan fingerprint density at radius 3 is 1.67 bits per heavy atom. The molecule has 0 amide bonds. The maximum absolute atomic E-state index is 9.39. The SMILES string of the molecule is C=CCN(C)CC=C.O=[P+](O)O[P+](=O)O. The minimum Gasteiger partial charge on any atom is -0.299 e. The molecule has 0 saturated heterocycles. The minimum atomic E-state index is -2.92. The fourth-order valence-corrected chi connectivity index (χ4v) is 1.05. The summed E-state index contributed by atoms with van der Waals surface area (Å²) < 4.78 is 22.2. The first-order valence-corrected chi connectivity index (χ1v) is 6.10. The summed E-state index contributed by atoms with van der Waals surface area (Å²) in [6.07, 6.45) is 3.76. The molecule has 0 aliphatic carbocycles.